The first-order chi connectivity index (χ1) is 14.3. The topological polar surface area (TPSA) is 80.1 Å². The van der Waals surface area contributed by atoms with Crippen LogP contribution in [0.4, 0.5) is 0 Å². The number of pyridine rings is 1. The van der Waals surface area contributed by atoms with Gasteiger partial charge in [-0.05, 0) is 29.8 Å². The van der Waals surface area contributed by atoms with Gasteiger partial charge in [-0.3, -0.25) is 4.98 Å². The largest absolute Gasteiger partial charge is 0.339 e. The first-order valence-corrected chi connectivity index (χ1v) is 11.6. The van der Waals surface area contributed by atoms with E-state index in [1.807, 2.05) is 24.3 Å². The van der Waals surface area contributed by atoms with Crippen LogP contribution in [-0.2, 0) is 23.6 Å². The van der Waals surface area contributed by atoms with E-state index in [4.69, 9.17) is 23.2 Å². The molecule has 1 saturated heterocycles. The quantitative estimate of drug-likeness (QED) is 0.604. The van der Waals surface area contributed by atoms with Crippen LogP contribution in [0, 0.1) is 0 Å². The lowest BCUT2D eigenvalue weighted by atomic mass is 9.99. The van der Waals surface area contributed by atoms with E-state index >= 15 is 0 Å². The molecule has 2 aromatic heterocycles. The van der Waals surface area contributed by atoms with Gasteiger partial charge in [0.05, 0.1) is 6.33 Å². The molecule has 0 bridgehead atoms. The summed E-state index contributed by atoms with van der Waals surface area (Å²) in [5.74, 6) is -0.101. The number of nitrogens with zero attached hydrogens (tertiary/aromatic N) is 4. The van der Waals surface area contributed by atoms with E-state index in [0.29, 0.717) is 29.7 Å². The lowest BCUT2D eigenvalue weighted by Crippen LogP contribution is -2.36. The van der Waals surface area contributed by atoms with Gasteiger partial charge in [-0.1, -0.05) is 35.3 Å². The molecule has 1 N–H and O–H groups in total. The van der Waals surface area contributed by atoms with Gasteiger partial charge in [0.2, 0.25) is 0 Å². The number of hydrogen-bond acceptors (Lipinski definition) is 5. The Bertz CT molecular complexity index is 1140. The zero-order valence-corrected chi connectivity index (χ0v) is 18.6. The molecule has 10 heteroatoms. The Labute approximate surface area is 185 Å². The molecule has 0 amide bonds. The molecular weight excluding hydrogens is 445 g/mol. The van der Waals surface area contributed by atoms with Crippen molar-refractivity contribution in [2.75, 3.05) is 13.1 Å². The molecule has 7 nitrogen and oxygen atoms in total. The van der Waals surface area contributed by atoms with Crippen LogP contribution in [0.25, 0.3) is 0 Å². The Kier molecular flexibility index (Phi) is 6.13. The second kappa shape index (κ2) is 8.64. The van der Waals surface area contributed by atoms with Gasteiger partial charge in [-0.25, -0.2) is 13.4 Å². The minimum atomic E-state index is -3.70. The number of benzene rings is 1. The minimum Gasteiger partial charge on any atom is -0.339 e. The summed E-state index contributed by atoms with van der Waals surface area (Å²) < 4.78 is 29.3. The first kappa shape index (κ1) is 21.3. The third-order valence-corrected chi connectivity index (χ3v) is 7.51. The highest BCUT2D eigenvalue weighted by Gasteiger charge is 2.41. The second-order valence-corrected chi connectivity index (χ2v) is 10.0. The predicted octanol–water partition coefficient (Wildman–Crippen LogP) is 3.07. The van der Waals surface area contributed by atoms with Crippen molar-refractivity contribution in [1.82, 2.24) is 24.2 Å². The molecule has 0 spiro atoms. The molecule has 30 heavy (non-hydrogen) atoms. The van der Waals surface area contributed by atoms with Crippen LogP contribution in [0.3, 0.4) is 0 Å². The Morgan fingerprint density at radius 2 is 2.00 bits per heavy atom. The van der Waals surface area contributed by atoms with Crippen LogP contribution in [-0.4, -0.2) is 46.4 Å². The van der Waals surface area contributed by atoms with Crippen LogP contribution in [0.15, 0.2) is 60.1 Å². The summed E-state index contributed by atoms with van der Waals surface area (Å²) in [6.45, 7) is 1.12. The molecule has 3 aromatic rings. The fourth-order valence-corrected chi connectivity index (χ4v) is 5.56. The molecule has 1 aromatic carbocycles. The summed E-state index contributed by atoms with van der Waals surface area (Å²) >= 11 is 12.3. The highest BCUT2D eigenvalue weighted by molar-refractivity contribution is 7.89. The van der Waals surface area contributed by atoms with Gasteiger partial charge in [0, 0.05) is 66.8 Å². The summed E-state index contributed by atoms with van der Waals surface area (Å²) in [5.41, 5.74) is 1.74. The molecule has 0 saturated carbocycles. The van der Waals surface area contributed by atoms with Crippen LogP contribution >= 0.6 is 23.2 Å². The van der Waals surface area contributed by atoms with Gasteiger partial charge in [0.25, 0.3) is 10.0 Å². The first-order valence-electron chi connectivity index (χ1n) is 9.41. The Morgan fingerprint density at radius 3 is 2.67 bits per heavy atom. The van der Waals surface area contributed by atoms with Gasteiger partial charge < -0.3 is 9.88 Å². The van der Waals surface area contributed by atoms with E-state index < -0.39 is 10.0 Å². The summed E-state index contributed by atoms with van der Waals surface area (Å²) in [4.78, 5) is 8.50. The van der Waals surface area contributed by atoms with E-state index in [0.717, 1.165) is 11.3 Å². The average molecular weight is 466 g/mol. The number of imidazole rings is 1. The maximum absolute atomic E-state index is 13.1. The van der Waals surface area contributed by atoms with E-state index in [1.54, 1.807) is 29.9 Å². The summed E-state index contributed by atoms with van der Waals surface area (Å²) in [6.07, 6.45) is 4.72. The Balaban J connectivity index is 1.58. The lowest BCUT2D eigenvalue weighted by molar-refractivity contribution is 0.454. The van der Waals surface area contributed by atoms with Crippen molar-refractivity contribution in [2.45, 2.75) is 23.5 Å². The fraction of sp³-hybridized carbons (Fsp3) is 0.300. The monoisotopic (exact) mass is 465 g/mol. The van der Waals surface area contributed by atoms with Gasteiger partial charge in [-0.2, -0.15) is 4.31 Å². The van der Waals surface area contributed by atoms with Crippen molar-refractivity contribution in [3.05, 3.63) is 76.4 Å². The number of hydrogen-bond donors (Lipinski definition) is 1. The molecule has 3 heterocycles. The number of aryl methyl sites for hydroxylation is 1. The standard InChI is InChI=1S/C20H21Cl2N5O2S/c1-26-12-20(25-13-26)30(28,29)27-10-16(18-4-2-3-7-23-18)19(11-27)24-9-14-5-6-15(21)8-17(14)22/h2-8,12-13,16,19,24H,9-11H2,1H3/t16-,19+/m1/s1. The molecule has 4 rings (SSSR count). The van der Waals surface area contributed by atoms with Crippen molar-refractivity contribution in [1.29, 1.82) is 0 Å². The minimum absolute atomic E-state index is 0.0474. The fourth-order valence-electron chi connectivity index (χ4n) is 3.63. The van der Waals surface area contributed by atoms with Gasteiger partial charge in [-0.15, -0.1) is 0 Å². The maximum atomic E-state index is 13.1. The zero-order chi connectivity index (χ0) is 21.3. The molecule has 1 aliphatic rings. The van der Waals surface area contributed by atoms with Gasteiger partial charge in [0.1, 0.15) is 0 Å². The van der Waals surface area contributed by atoms with Crippen molar-refractivity contribution in [2.24, 2.45) is 7.05 Å². The third kappa shape index (κ3) is 4.38. The summed E-state index contributed by atoms with van der Waals surface area (Å²) in [5, 5.41) is 4.66. The van der Waals surface area contributed by atoms with Crippen molar-refractivity contribution in [3.63, 3.8) is 0 Å². The number of halogens is 2. The molecule has 0 unspecified atom stereocenters. The molecule has 158 valence electrons. The van der Waals surface area contributed by atoms with Crippen LogP contribution in [0.2, 0.25) is 10.0 Å². The van der Waals surface area contributed by atoms with E-state index in [2.05, 4.69) is 15.3 Å². The Hall–Kier alpha value is -1.97. The smallest absolute Gasteiger partial charge is 0.262 e. The highest BCUT2D eigenvalue weighted by atomic mass is 35.5. The molecular formula is C20H21Cl2N5O2S. The van der Waals surface area contributed by atoms with Crippen molar-refractivity contribution < 1.29 is 8.42 Å². The summed E-state index contributed by atoms with van der Waals surface area (Å²) in [7, 11) is -1.96. The molecule has 0 radical (unpaired) electrons. The number of rotatable bonds is 6. The predicted molar refractivity (Wildman–Crippen MR) is 116 cm³/mol. The van der Waals surface area contributed by atoms with Crippen LogP contribution in [0.5, 0.6) is 0 Å². The van der Waals surface area contributed by atoms with Gasteiger partial charge in [0.15, 0.2) is 5.03 Å². The Morgan fingerprint density at radius 1 is 1.17 bits per heavy atom. The molecule has 2 atom stereocenters. The average Bonchev–Trinajstić information content (AvgIpc) is 3.35. The molecule has 0 aliphatic carbocycles. The molecule has 1 fully saturated rings. The van der Waals surface area contributed by atoms with Crippen molar-refractivity contribution >= 4 is 33.2 Å². The third-order valence-electron chi connectivity index (χ3n) is 5.21. The van der Waals surface area contributed by atoms with E-state index in [1.165, 1.54) is 16.8 Å². The normalized spacial score (nSPS) is 20.0. The summed E-state index contributed by atoms with van der Waals surface area (Å²) in [6, 6.07) is 10.9. The van der Waals surface area contributed by atoms with Crippen molar-refractivity contribution in [3.8, 4) is 0 Å². The SMILES string of the molecule is Cn1cnc(S(=O)(=O)N2C[C@H](NCc3ccc(Cl)cc3Cl)[C@@H](c3ccccn3)C2)c1. The molecule has 1 aliphatic heterocycles. The van der Waals surface area contributed by atoms with Gasteiger partial charge >= 0.3 is 0 Å². The van der Waals surface area contributed by atoms with E-state index in [9.17, 15) is 8.42 Å². The maximum Gasteiger partial charge on any atom is 0.262 e. The second-order valence-electron chi connectivity index (χ2n) is 7.28. The van der Waals surface area contributed by atoms with E-state index in [-0.39, 0.29) is 17.0 Å². The number of aromatic nitrogens is 3. The number of nitrogens with one attached hydrogen (secondary N) is 1. The lowest BCUT2D eigenvalue weighted by Gasteiger charge is -2.20. The number of sulfonamides is 1. The zero-order valence-electron chi connectivity index (χ0n) is 16.2. The van der Waals surface area contributed by atoms with Crippen LogP contribution < -0.4 is 5.32 Å². The highest BCUT2D eigenvalue weighted by Crippen LogP contribution is 2.31. The van der Waals surface area contributed by atoms with Crippen LogP contribution in [0.1, 0.15) is 17.2 Å².